The predicted molar refractivity (Wildman–Crippen MR) is 85.9 cm³/mol. The third-order valence-electron chi connectivity index (χ3n) is 3.33. The summed E-state index contributed by atoms with van der Waals surface area (Å²) in [6, 6.07) is 1.68. The maximum absolute atomic E-state index is 12.1. The minimum Gasteiger partial charge on any atom is -0.352 e. The third kappa shape index (κ3) is 4.46. The molecule has 21 heavy (non-hydrogen) atoms. The summed E-state index contributed by atoms with van der Waals surface area (Å²) in [5.41, 5.74) is 5.42. The Morgan fingerprint density at radius 1 is 1.33 bits per heavy atom. The van der Waals surface area contributed by atoms with Crippen molar-refractivity contribution in [3.8, 4) is 0 Å². The first-order valence-electron chi connectivity index (χ1n) is 6.89. The Morgan fingerprint density at radius 3 is 2.48 bits per heavy atom. The fourth-order valence-electron chi connectivity index (χ4n) is 2.31. The average Bonchev–Trinajstić information content (AvgIpc) is 2.37. The molecular weight excluding hydrogens is 311 g/mol. The smallest absolute Gasteiger partial charge is 0.224 e. The van der Waals surface area contributed by atoms with Gasteiger partial charge in [-0.1, -0.05) is 23.2 Å². The van der Waals surface area contributed by atoms with Crippen LogP contribution in [0.2, 0.25) is 10.0 Å². The van der Waals surface area contributed by atoms with Gasteiger partial charge in [-0.2, -0.15) is 0 Å². The highest BCUT2D eigenvalue weighted by molar-refractivity contribution is 6.36. The molecule has 0 aliphatic carbocycles. The number of nitrogens with two attached hydrogens (primary N) is 1. The Labute approximate surface area is 135 Å². The van der Waals surface area contributed by atoms with Gasteiger partial charge >= 0.3 is 0 Å². The van der Waals surface area contributed by atoms with Gasteiger partial charge in [0.25, 0.3) is 0 Å². The first-order chi connectivity index (χ1) is 9.76. The number of amides is 1. The minimum absolute atomic E-state index is 0.0947. The molecule has 2 heterocycles. The number of hydrogen-bond acceptors (Lipinski definition) is 4. The zero-order valence-corrected chi connectivity index (χ0v) is 13.8. The molecule has 1 saturated heterocycles. The second kappa shape index (κ2) is 6.38. The average molecular weight is 331 g/mol. The summed E-state index contributed by atoms with van der Waals surface area (Å²) >= 11 is 12.0. The van der Waals surface area contributed by atoms with Crippen molar-refractivity contribution < 1.29 is 4.79 Å². The second-order valence-corrected chi connectivity index (χ2v) is 6.84. The van der Waals surface area contributed by atoms with Crippen molar-refractivity contribution in [2.24, 2.45) is 5.73 Å². The van der Waals surface area contributed by atoms with Crippen LogP contribution in [0.15, 0.2) is 12.3 Å². The number of hydrogen-bond donors (Lipinski definition) is 1. The van der Waals surface area contributed by atoms with Crippen molar-refractivity contribution in [2.45, 2.75) is 25.8 Å². The third-order valence-corrected chi connectivity index (χ3v) is 3.81. The first kappa shape index (κ1) is 16.3. The van der Waals surface area contributed by atoms with E-state index in [1.807, 2.05) is 18.7 Å². The molecule has 116 valence electrons. The Kier molecular flexibility index (Phi) is 4.96. The summed E-state index contributed by atoms with van der Waals surface area (Å²) in [4.78, 5) is 20.3. The molecule has 1 aliphatic heterocycles. The number of halogens is 2. The van der Waals surface area contributed by atoms with Crippen LogP contribution in [0.4, 0.5) is 5.82 Å². The normalized spacial score (nSPS) is 16.2. The van der Waals surface area contributed by atoms with Crippen molar-refractivity contribution >= 4 is 34.9 Å². The predicted octanol–water partition coefficient (Wildman–Crippen LogP) is 2.16. The Hall–Kier alpha value is -1.04. The molecule has 0 unspecified atom stereocenters. The van der Waals surface area contributed by atoms with Gasteiger partial charge in [0, 0.05) is 44.3 Å². The molecule has 1 amide bonds. The summed E-state index contributed by atoms with van der Waals surface area (Å²) in [7, 11) is 0. The molecule has 0 aromatic carbocycles. The molecule has 1 aliphatic rings. The van der Waals surface area contributed by atoms with Crippen LogP contribution in [0, 0.1) is 0 Å². The van der Waals surface area contributed by atoms with Gasteiger partial charge in [-0.05, 0) is 19.9 Å². The molecule has 1 aromatic heterocycles. The van der Waals surface area contributed by atoms with E-state index in [1.165, 1.54) is 0 Å². The summed E-state index contributed by atoms with van der Waals surface area (Å²) in [5.74, 6) is 0.810. The number of piperazine rings is 1. The number of aromatic nitrogens is 1. The van der Waals surface area contributed by atoms with Crippen LogP contribution in [-0.4, -0.2) is 47.5 Å². The summed E-state index contributed by atoms with van der Waals surface area (Å²) in [6.07, 6.45) is 1.93. The fourth-order valence-corrected chi connectivity index (χ4v) is 2.81. The largest absolute Gasteiger partial charge is 0.352 e. The molecule has 0 spiro atoms. The van der Waals surface area contributed by atoms with Crippen LogP contribution in [0.3, 0.4) is 0 Å². The number of anilines is 1. The van der Waals surface area contributed by atoms with Gasteiger partial charge in [0.15, 0.2) is 0 Å². The lowest BCUT2D eigenvalue weighted by Gasteiger charge is -2.36. The van der Waals surface area contributed by atoms with Crippen molar-refractivity contribution in [3.63, 3.8) is 0 Å². The zero-order chi connectivity index (χ0) is 15.6. The van der Waals surface area contributed by atoms with Gasteiger partial charge in [-0.25, -0.2) is 4.98 Å². The monoisotopic (exact) mass is 330 g/mol. The maximum Gasteiger partial charge on any atom is 0.224 e. The minimum atomic E-state index is -0.477. The SMILES string of the molecule is CC(C)(N)CC(=O)N1CCN(c2ncc(Cl)cc2Cl)CC1. The van der Waals surface area contributed by atoms with E-state index >= 15 is 0 Å². The summed E-state index contributed by atoms with van der Waals surface area (Å²) < 4.78 is 0. The topological polar surface area (TPSA) is 62.5 Å². The molecule has 0 bridgehead atoms. The lowest BCUT2D eigenvalue weighted by atomic mass is 10.0. The number of carbonyl (C=O) groups is 1. The van der Waals surface area contributed by atoms with Gasteiger partial charge in [0.2, 0.25) is 5.91 Å². The van der Waals surface area contributed by atoms with Crippen LogP contribution in [0.1, 0.15) is 20.3 Å². The first-order valence-corrected chi connectivity index (χ1v) is 7.64. The van der Waals surface area contributed by atoms with E-state index in [-0.39, 0.29) is 5.91 Å². The molecule has 0 radical (unpaired) electrons. The Morgan fingerprint density at radius 2 is 1.95 bits per heavy atom. The summed E-state index contributed by atoms with van der Waals surface area (Å²) in [5, 5.41) is 1.05. The zero-order valence-electron chi connectivity index (χ0n) is 12.3. The molecule has 1 fully saturated rings. The van der Waals surface area contributed by atoms with Gasteiger partial charge in [-0.15, -0.1) is 0 Å². The van der Waals surface area contributed by atoms with Gasteiger partial charge < -0.3 is 15.5 Å². The highest BCUT2D eigenvalue weighted by Gasteiger charge is 2.26. The molecule has 2 rings (SSSR count). The van der Waals surface area contributed by atoms with E-state index in [2.05, 4.69) is 9.88 Å². The number of rotatable bonds is 3. The van der Waals surface area contributed by atoms with Crippen LogP contribution in [0.5, 0.6) is 0 Å². The van der Waals surface area contributed by atoms with Crippen LogP contribution in [0.25, 0.3) is 0 Å². The number of carbonyl (C=O) groups excluding carboxylic acids is 1. The standard InChI is InChI=1S/C14H20Cl2N4O/c1-14(2,17)8-12(21)19-3-5-20(6-4-19)13-11(16)7-10(15)9-18-13/h7,9H,3-6,8,17H2,1-2H3. The van der Waals surface area contributed by atoms with E-state index in [0.29, 0.717) is 48.5 Å². The second-order valence-electron chi connectivity index (χ2n) is 5.99. The van der Waals surface area contributed by atoms with Crippen LogP contribution < -0.4 is 10.6 Å². The van der Waals surface area contributed by atoms with Crippen molar-refractivity contribution in [3.05, 3.63) is 22.3 Å². The van der Waals surface area contributed by atoms with E-state index in [4.69, 9.17) is 28.9 Å². The molecule has 7 heteroatoms. The Balaban J connectivity index is 1.95. The van der Waals surface area contributed by atoms with E-state index in [9.17, 15) is 4.79 Å². The fraction of sp³-hybridized carbons (Fsp3) is 0.571. The molecule has 1 aromatic rings. The van der Waals surface area contributed by atoms with Gasteiger partial charge in [0.1, 0.15) is 5.82 Å². The number of pyridine rings is 1. The van der Waals surface area contributed by atoms with Crippen molar-refractivity contribution in [2.75, 3.05) is 31.1 Å². The molecule has 5 nitrogen and oxygen atoms in total. The molecule has 0 atom stereocenters. The summed E-state index contributed by atoms with van der Waals surface area (Å²) in [6.45, 7) is 6.42. The van der Waals surface area contributed by atoms with Crippen LogP contribution >= 0.6 is 23.2 Å². The number of nitrogens with zero attached hydrogens (tertiary/aromatic N) is 3. The van der Waals surface area contributed by atoms with Gasteiger partial charge in [-0.3, -0.25) is 4.79 Å². The van der Waals surface area contributed by atoms with E-state index in [1.54, 1.807) is 12.3 Å². The van der Waals surface area contributed by atoms with E-state index < -0.39 is 5.54 Å². The lowest BCUT2D eigenvalue weighted by Crippen LogP contribution is -2.51. The Bertz CT molecular complexity index is 522. The molecular formula is C14H20Cl2N4O. The highest BCUT2D eigenvalue weighted by atomic mass is 35.5. The highest BCUT2D eigenvalue weighted by Crippen LogP contribution is 2.26. The molecule has 0 saturated carbocycles. The quantitative estimate of drug-likeness (QED) is 0.922. The van der Waals surface area contributed by atoms with Crippen molar-refractivity contribution in [1.82, 2.24) is 9.88 Å². The van der Waals surface area contributed by atoms with E-state index in [0.717, 1.165) is 0 Å². The van der Waals surface area contributed by atoms with Gasteiger partial charge in [0.05, 0.1) is 10.0 Å². The van der Waals surface area contributed by atoms with Crippen LogP contribution in [-0.2, 0) is 4.79 Å². The molecule has 2 N–H and O–H groups in total. The maximum atomic E-state index is 12.1. The lowest BCUT2D eigenvalue weighted by molar-refractivity contribution is -0.132. The van der Waals surface area contributed by atoms with Crippen molar-refractivity contribution in [1.29, 1.82) is 0 Å².